The highest BCUT2D eigenvalue weighted by Gasteiger charge is 2.43. The largest absolute Gasteiger partial charge is 0.501 e. The smallest absolute Gasteiger partial charge is 0.474 e. The van der Waals surface area contributed by atoms with E-state index in [2.05, 4.69) is 9.72 Å². The molecule has 0 aliphatic heterocycles. The summed E-state index contributed by atoms with van der Waals surface area (Å²) < 4.78 is 38.3. The summed E-state index contributed by atoms with van der Waals surface area (Å²) in [5, 5.41) is 9.32. The van der Waals surface area contributed by atoms with E-state index in [9.17, 15) is 13.6 Å². The summed E-state index contributed by atoms with van der Waals surface area (Å²) in [6.45, 7) is 3.17. The molecule has 31 heavy (non-hydrogen) atoms. The Morgan fingerprint density at radius 3 is 2.32 bits per heavy atom. The number of aliphatic carboxylic acids is 1. The average Bonchev–Trinajstić information content (AvgIpc) is 3.15. The maximum atomic E-state index is 13.5. The number of alkyl halides is 2. The van der Waals surface area contributed by atoms with Crippen molar-refractivity contribution < 1.29 is 28.2 Å². The monoisotopic (exact) mass is 441 g/mol. The Morgan fingerprint density at radius 2 is 1.68 bits per heavy atom. The summed E-state index contributed by atoms with van der Waals surface area (Å²) in [6.07, 6.45) is -4.30. The minimum Gasteiger partial charge on any atom is -0.474 e. The van der Waals surface area contributed by atoms with E-state index in [-0.39, 0.29) is 5.75 Å². The van der Waals surface area contributed by atoms with Crippen molar-refractivity contribution >= 4 is 27.5 Å². The molecule has 5 nitrogen and oxygen atoms in total. The lowest BCUT2D eigenvalue weighted by Gasteiger charge is -2.17. The normalized spacial score (nSPS) is 11.5. The second kappa shape index (κ2) is 7.96. The van der Waals surface area contributed by atoms with Crippen molar-refractivity contribution in [1.82, 2.24) is 4.98 Å². The van der Waals surface area contributed by atoms with Gasteiger partial charge in [0.2, 0.25) is 0 Å². The van der Waals surface area contributed by atoms with Crippen molar-refractivity contribution in [3.05, 3.63) is 71.8 Å². The lowest BCUT2D eigenvalue weighted by atomic mass is 10.1. The third kappa shape index (κ3) is 4.34. The first kappa shape index (κ1) is 20.7. The molecule has 0 radical (unpaired) electrons. The van der Waals surface area contributed by atoms with Gasteiger partial charge in [-0.2, -0.15) is 8.78 Å². The molecule has 0 atom stereocenters. The number of carbonyl (C=O) groups is 1. The number of hydrogen-bond acceptors (Lipinski definition) is 5. The molecule has 0 aliphatic carbocycles. The van der Waals surface area contributed by atoms with Crippen LogP contribution in [0.3, 0.4) is 0 Å². The predicted molar refractivity (Wildman–Crippen MR) is 114 cm³/mol. The maximum absolute atomic E-state index is 13.5. The number of aromatic nitrogens is 1. The molecular formula is C23H17F2NO4S. The SMILES string of the molecule is Cc1cc(-c2nc3ccc(Oc4ccccc4)cc3s2)cc(C)c1OC(F)(F)C(=O)O. The number of nitrogens with zero attached hydrogens (tertiary/aromatic N) is 1. The van der Waals surface area contributed by atoms with Crippen LogP contribution in [0.15, 0.2) is 60.7 Å². The average molecular weight is 441 g/mol. The van der Waals surface area contributed by atoms with Gasteiger partial charge in [-0.25, -0.2) is 9.78 Å². The van der Waals surface area contributed by atoms with Crippen LogP contribution in [0.1, 0.15) is 11.1 Å². The van der Waals surface area contributed by atoms with Crippen LogP contribution in [-0.2, 0) is 4.79 Å². The zero-order valence-electron chi connectivity index (χ0n) is 16.6. The van der Waals surface area contributed by atoms with E-state index in [1.807, 2.05) is 48.5 Å². The summed E-state index contributed by atoms with van der Waals surface area (Å²) in [6, 6.07) is 18.3. The number of halogens is 2. The second-order valence-electron chi connectivity index (χ2n) is 6.93. The highest BCUT2D eigenvalue weighted by molar-refractivity contribution is 7.21. The first-order chi connectivity index (χ1) is 14.7. The Morgan fingerprint density at radius 1 is 1.00 bits per heavy atom. The zero-order valence-corrected chi connectivity index (χ0v) is 17.4. The highest BCUT2D eigenvalue weighted by Crippen LogP contribution is 2.37. The molecule has 0 unspecified atom stereocenters. The van der Waals surface area contributed by atoms with Crippen molar-refractivity contribution in [3.8, 4) is 27.8 Å². The van der Waals surface area contributed by atoms with Crippen molar-refractivity contribution in [2.75, 3.05) is 0 Å². The van der Waals surface area contributed by atoms with Gasteiger partial charge in [-0.3, -0.25) is 0 Å². The Bertz CT molecular complexity index is 1250. The van der Waals surface area contributed by atoms with Gasteiger partial charge in [0, 0.05) is 11.6 Å². The zero-order chi connectivity index (χ0) is 22.2. The predicted octanol–water partition coefficient (Wildman–Crippen LogP) is 6.43. The van der Waals surface area contributed by atoms with Gasteiger partial charge in [0.25, 0.3) is 0 Å². The number of carboxylic acids is 1. The number of para-hydroxylation sites is 1. The number of thiazole rings is 1. The first-order valence-electron chi connectivity index (χ1n) is 9.28. The number of aryl methyl sites for hydroxylation is 2. The Labute approximate surface area is 180 Å². The molecule has 0 amide bonds. The van der Waals surface area contributed by atoms with Crippen molar-refractivity contribution in [1.29, 1.82) is 0 Å². The number of rotatable bonds is 6. The van der Waals surface area contributed by atoms with E-state index in [0.717, 1.165) is 21.5 Å². The van der Waals surface area contributed by atoms with Gasteiger partial charge >= 0.3 is 12.1 Å². The van der Waals surface area contributed by atoms with Crippen LogP contribution in [0.5, 0.6) is 17.2 Å². The molecule has 0 saturated carbocycles. The number of hydrogen-bond donors (Lipinski definition) is 1. The minimum absolute atomic E-state index is 0.157. The maximum Gasteiger partial charge on any atom is 0.501 e. The molecule has 4 rings (SSSR count). The molecular weight excluding hydrogens is 424 g/mol. The van der Waals surface area contributed by atoms with Gasteiger partial charge in [0.05, 0.1) is 10.2 Å². The van der Waals surface area contributed by atoms with Gasteiger partial charge in [-0.05, 0) is 61.4 Å². The van der Waals surface area contributed by atoms with Crippen LogP contribution in [0.4, 0.5) is 8.78 Å². The molecule has 158 valence electrons. The number of fused-ring (bicyclic) bond motifs is 1. The van der Waals surface area contributed by atoms with E-state index >= 15 is 0 Å². The van der Waals surface area contributed by atoms with Crippen LogP contribution in [-0.4, -0.2) is 22.2 Å². The molecule has 0 aliphatic rings. The van der Waals surface area contributed by atoms with Crippen LogP contribution >= 0.6 is 11.3 Å². The number of benzene rings is 3. The van der Waals surface area contributed by atoms with E-state index in [4.69, 9.17) is 9.84 Å². The number of ether oxygens (including phenoxy) is 2. The summed E-state index contributed by atoms with van der Waals surface area (Å²) in [7, 11) is 0. The lowest BCUT2D eigenvalue weighted by molar-refractivity contribution is -0.211. The van der Waals surface area contributed by atoms with Crippen LogP contribution < -0.4 is 9.47 Å². The molecule has 0 bridgehead atoms. The van der Waals surface area contributed by atoms with Crippen LogP contribution in [0, 0.1) is 13.8 Å². The van der Waals surface area contributed by atoms with Crippen LogP contribution in [0.2, 0.25) is 0 Å². The summed E-state index contributed by atoms with van der Waals surface area (Å²) in [4.78, 5) is 15.3. The first-order valence-corrected chi connectivity index (χ1v) is 10.1. The van der Waals surface area contributed by atoms with E-state index in [1.54, 1.807) is 26.0 Å². The minimum atomic E-state index is -4.30. The van der Waals surface area contributed by atoms with E-state index < -0.39 is 12.1 Å². The molecule has 0 saturated heterocycles. The fraction of sp³-hybridized carbons (Fsp3) is 0.130. The van der Waals surface area contributed by atoms with Crippen molar-refractivity contribution in [3.63, 3.8) is 0 Å². The Hall–Kier alpha value is -3.52. The number of carboxylic acid groups (broad SMARTS) is 1. The molecule has 4 aromatic rings. The summed E-state index contributed by atoms with van der Waals surface area (Å²) in [5.41, 5.74) is 2.30. The quantitative estimate of drug-likeness (QED) is 0.373. The highest BCUT2D eigenvalue weighted by atomic mass is 32.1. The van der Waals surface area contributed by atoms with Crippen molar-refractivity contribution in [2.45, 2.75) is 20.0 Å². The topological polar surface area (TPSA) is 68.7 Å². The fourth-order valence-corrected chi connectivity index (χ4v) is 4.10. The van der Waals surface area contributed by atoms with Gasteiger partial charge in [-0.1, -0.05) is 18.2 Å². The van der Waals surface area contributed by atoms with Gasteiger partial charge < -0.3 is 14.6 Å². The molecule has 8 heteroatoms. The summed E-state index contributed by atoms with van der Waals surface area (Å²) in [5.74, 6) is -1.08. The van der Waals surface area contributed by atoms with E-state index in [1.165, 1.54) is 11.3 Å². The Balaban J connectivity index is 1.65. The van der Waals surface area contributed by atoms with Crippen molar-refractivity contribution in [2.24, 2.45) is 0 Å². The third-order valence-corrected chi connectivity index (χ3v) is 5.59. The molecule has 1 aromatic heterocycles. The Kier molecular flexibility index (Phi) is 5.32. The summed E-state index contributed by atoms with van der Waals surface area (Å²) >= 11 is 1.44. The second-order valence-corrected chi connectivity index (χ2v) is 7.96. The molecule has 1 N–H and O–H groups in total. The van der Waals surface area contributed by atoms with Gasteiger partial charge in [0.15, 0.2) is 0 Å². The third-order valence-electron chi connectivity index (χ3n) is 4.53. The molecule has 0 spiro atoms. The lowest BCUT2D eigenvalue weighted by Crippen LogP contribution is -2.35. The van der Waals surface area contributed by atoms with Crippen LogP contribution in [0.25, 0.3) is 20.8 Å². The molecule has 1 heterocycles. The molecule has 0 fully saturated rings. The standard InChI is InChI=1S/C23H17F2NO4S/c1-13-10-15(11-14(2)20(13)30-23(24,25)22(27)28)21-26-18-9-8-17(12-19(18)31-21)29-16-6-4-3-5-7-16/h3-12H,1-2H3,(H,27,28). The van der Waals surface area contributed by atoms with Gasteiger partial charge in [-0.15, -0.1) is 11.3 Å². The van der Waals surface area contributed by atoms with E-state index in [0.29, 0.717) is 21.9 Å². The van der Waals surface area contributed by atoms with Gasteiger partial charge in [0.1, 0.15) is 22.3 Å². The fourth-order valence-electron chi connectivity index (χ4n) is 3.12. The molecule has 3 aromatic carbocycles.